The fraction of sp³-hybridized carbons (Fsp3) is 0.350. The molecule has 0 unspecified atom stereocenters. The number of carbonyl (C=O) groups is 3. The first-order valence-electron chi connectivity index (χ1n) is 8.90. The summed E-state index contributed by atoms with van der Waals surface area (Å²) in [6.45, 7) is 7.16. The summed E-state index contributed by atoms with van der Waals surface area (Å²) in [5.74, 6) is -1.11. The fourth-order valence-electron chi connectivity index (χ4n) is 2.57. The Labute approximate surface area is 163 Å². The van der Waals surface area contributed by atoms with Crippen molar-refractivity contribution in [3.63, 3.8) is 0 Å². The molecule has 28 heavy (non-hydrogen) atoms. The van der Waals surface area contributed by atoms with Crippen LogP contribution >= 0.6 is 0 Å². The van der Waals surface area contributed by atoms with Gasteiger partial charge in [-0.05, 0) is 55.2 Å². The fourth-order valence-corrected chi connectivity index (χ4v) is 2.57. The van der Waals surface area contributed by atoms with Crippen molar-refractivity contribution in [3.05, 3.63) is 53.5 Å². The maximum absolute atomic E-state index is 12.3. The number of hydrogen-bond acceptors (Lipinski definition) is 5. The number of furan rings is 1. The van der Waals surface area contributed by atoms with Crippen LogP contribution in [0, 0.1) is 19.8 Å². The summed E-state index contributed by atoms with van der Waals surface area (Å²) in [5, 5.41) is 2.59. The minimum absolute atomic E-state index is 0.101. The van der Waals surface area contributed by atoms with Gasteiger partial charge in [-0.2, -0.15) is 0 Å². The average Bonchev–Trinajstić information content (AvgIpc) is 3.16. The molecule has 0 saturated carbocycles. The van der Waals surface area contributed by atoms with Crippen molar-refractivity contribution in [1.29, 1.82) is 0 Å². The van der Waals surface area contributed by atoms with Crippen LogP contribution < -0.4 is 20.9 Å². The molecule has 3 N–H and O–H groups in total. The van der Waals surface area contributed by atoms with Gasteiger partial charge in [0, 0.05) is 0 Å². The van der Waals surface area contributed by atoms with Crippen LogP contribution in [-0.2, 0) is 9.59 Å². The van der Waals surface area contributed by atoms with Crippen molar-refractivity contribution < 1.29 is 23.5 Å². The Bertz CT molecular complexity index is 810. The van der Waals surface area contributed by atoms with E-state index in [1.807, 2.05) is 32.0 Å². The molecule has 1 heterocycles. The molecule has 150 valence electrons. The van der Waals surface area contributed by atoms with E-state index in [1.165, 1.54) is 12.3 Å². The first-order chi connectivity index (χ1) is 13.3. The van der Waals surface area contributed by atoms with Gasteiger partial charge >= 0.3 is 0 Å². The third-order valence-electron chi connectivity index (χ3n) is 3.87. The lowest BCUT2D eigenvalue weighted by molar-refractivity contribution is -0.131. The van der Waals surface area contributed by atoms with Gasteiger partial charge in [-0.15, -0.1) is 0 Å². The van der Waals surface area contributed by atoms with E-state index in [0.717, 1.165) is 11.1 Å². The molecule has 1 atom stereocenters. The molecular weight excluding hydrogens is 362 g/mol. The second-order valence-electron chi connectivity index (χ2n) is 6.82. The van der Waals surface area contributed by atoms with E-state index < -0.39 is 23.8 Å². The van der Waals surface area contributed by atoms with E-state index in [-0.39, 0.29) is 18.3 Å². The number of amides is 3. The Morgan fingerprint density at radius 3 is 2.32 bits per heavy atom. The largest absolute Gasteiger partial charge is 0.484 e. The summed E-state index contributed by atoms with van der Waals surface area (Å²) < 4.78 is 10.5. The van der Waals surface area contributed by atoms with Gasteiger partial charge in [0.25, 0.3) is 17.7 Å². The first-order valence-corrected chi connectivity index (χ1v) is 8.90. The highest BCUT2D eigenvalue weighted by atomic mass is 16.5. The van der Waals surface area contributed by atoms with Crippen LogP contribution in [0.4, 0.5) is 0 Å². The van der Waals surface area contributed by atoms with Gasteiger partial charge in [-0.1, -0.05) is 19.9 Å². The summed E-state index contributed by atoms with van der Waals surface area (Å²) in [7, 11) is 0. The highest BCUT2D eigenvalue weighted by molar-refractivity contribution is 5.96. The average molecular weight is 387 g/mol. The van der Waals surface area contributed by atoms with Crippen LogP contribution in [0.2, 0.25) is 0 Å². The Balaban J connectivity index is 1.84. The Hall–Kier alpha value is -3.29. The van der Waals surface area contributed by atoms with Crippen molar-refractivity contribution in [3.8, 4) is 5.75 Å². The second kappa shape index (κ2) is 9.59. The van der Waals surface area contributed by atoms with Gasteiger partial charge in [-0.3, -0.25) is 25.2 Å². The number of nitrogens with one attached hydrogen (secondary N) is 3. The molecule has 8 heteroatoms. The van der Waals surface area contributed by atoms with E-state index in [9.17, 15) is 14.4 Å². The lowest BCUT2D eigenvalue weighted by atomic mass is 10.0. The molecule has 0 aliphatic carbocycles. The molecule has 2 aromatic rings. The van der Waals surface area contributed by atoms with Gasteiger partial charge in [0.2, 0.25) is 0 Å². The quantitative estimate of drug-likeness (QED) is 0.629. The highest BCUT2D eigenvalue weighted by Gasteiger charge is 2.25. The van der Waals surface area contributed by atoms with Crippen LogP contribution in [0.5, 0.6) is 5.75 Å². The van der Waals surface area contributed by atoms with E-state index >= 15 is 0 Å². The number of aryl methyl sites for hydroxylation is 2. The van der Waals surface area contributed by atoms with Crippen LogP contribution in [0.25, 0.3) is 0 Å². The van der Waals surface area contributed by atoms with Crippen molar-refractivity contribution in [2.24, 2.45) is 5.92 Å². The van der Waals surface area contributed by atoms with Crippen molar-refractivity contribution >= 4 is 17.7 Å². The molecule has 1 aromatic heterocycles. The molecular formula is C20H25N3O5. The van der Waals surface area contributed by atoms with Crippen molar-refractivity contribution in [2.45, 2.75) is 33.7 Å². The molecule has 8 nitrogen and oxygen atoms in total. The number of carbonyl (C=O) groups excluding carboxylic acids is 3. The molecule has 1 aromatic carbocycles. The molecule has 0 bridgehead atoms. The molecule has 0 saturated heterocycles. The summed E-state index contributed by atoms with van der Waals surface area (Å²) in [6.07, 6.45) is 1.37. The number of hydrazine groups is 1. The van der Waals surface area contributed by atoms with Crippen molar-refractivity contribution in [1.82, 2.24) is 16.2 Å². The predicted octanol–water partition coefficient (Wildman–Crippen LogP) is 1.88. The highest BCUT2D eigenvalue weighted by Crippen LogP contribution is 2.15. The smallest absolute Gasteiger partial charge is 0.287 e. The lowest BCUT2D eigenvalue weighted by Gasteiger charge is -2.21. The Morgan fingerprint density at radius 2 is 1.75 bits per heavy atom. The van der Waals surface area contributed by atoms with Gasteiger partial charge < -0.3 is 14.5 Å². The monoisotopic (exact) mass is 387 g/mol. The standard InChI is InChI=1S/C20H25N3O5/c1-12(2)18(21-19(25)16-6-5-7-27-16)20(26)23-22-17(24)11-28-15-9-13(3)8-14(4)10-15/h5-10,12,18H,11H2,1-4H3,(H,21,25)(H,22,24)(H,23,26)/t18-/m0/s1. The zero-order chi connectivity index (χ0) is 20.7. The molecule has 2 rings (SSSR count). The van der Waals surface area contributed by atoms with Crippen LogP contribution in [0.15, 0.2) is 41.0 Å². The SMILES string of the molecule is Cc1cc(C)cc(OCC(=O)NNC(=O)[C@@H](NC(=O)c2ccco2)C(C)C)c1. The van der Waals surface area contributed by atoms with E-state index in [1.54, 1.807) is 19.9 Å². The molecule has 3 amide bonds. The molecule has 0 aliphatic heterocycles. The number of hydrogen-bond donors (Lipinski definition) is 3. The van der Waals surface area contributed by atoms with Gasteiger partial charge in [0.15, 0.2) is 12.4 Å². The number of benzene rings is 1. The Morgan fingerprint density at radius 1 is 1.07 bits per heavy atom. The zero-order valence-electron chi connectivity index (χ0n) is 16.4. The normalized spacial score (nSPS) is 11.6. The lowest BCUT2D eigenvalue weighted by Crippen LogP contribution is -2.54. The summed E-state index contributed by atoms with van der Waals surface area (Å²) >= 11 is 0. The topological polar surface area (TPSA) is 110 Å². The summed E-state index contributed by atoms with van der Waals surface area (Å²) in [6, 6.07) is 7.86. The zero-order valence-corrected chi connectivity index (χ0v) is 16.4. The molecule has 0 aliphatic rings. The third-order valence-corrected chi connectivity index (χ3v) is 3.87. The van der Waals surface area contributed by atoms with Crippen molar-refractivity contribution in [2.75, 3.05) is 6.61 Å². The number of rotatable bonds is 7. The van der Waals surface area contributed by atoms with E-state index in [2.05, 4.69) is 16.2 Å². The van der Waals surface area contributed by atoms with Crippen LogP contribution in [0.3, 0.4) is 0 Å². The Kier molecular flexibility index (Phi) is 7.20. The maximum atomic E-state index is 12.3. The van der Waals surface area contributed by atoms with E-state index in [0.29, 0.717) is 5.75 Å². The first kappa shape index (κ1) is 21.0. The summed E-state index contributed by atoms with van der Waals surface area (Å²) in [4.78, 5) is 36.4. The van der Waals surface area contributed by atoms with Gasteiger partial charge in [0.1, 0.15) is 11.8 Å². The predicted molar refractivity (Wildman–Crippen MR) is 102 cm³/mol. The van der Waals surface area contributed by atoms with Crippen LogP contribution in [0.1, 0.15) is 35.5 Å². The summed E-state index contributed by atoms with van der Waals surface area (Å²) in [5.41, 5.74) is 6.64. The van der Waals surface area contributed by atoms with Gasteiger partial charge in [0.05, 0.1) is 6.26 Å². The van der Waals surface area contributed by atoms with Gasteiger partial charge in [-0.25, -0.2) is 0 Å². The number of ether oxygens (including phenoxy) is 1. The second-order valence-corrected chi connectivity index (χ2v) is 6.82. The minimum Gasteiger partial charge on any atom is -0.484 e. The van der Waals surface area contributed by atoms with Crippen LogP contribution in [-0.4, -0.2) is 30.4 Å². The maximum Gasteiger partial charge on any atom is 0.287 e. The third kappa shape index (κ3) is 6.15. The molecule has 0 spiro atoms. The molecule has 0 radical (unpaired) electrons. The molecule has 0 fully saturated rings. The van der Waals surface area contributed by atoms with E-state index in [4.69, 9.17) is 9.15 Å². The minimum atomic E-state index is -0.849.